The zero-order valence-electron chi connectivity index (χ0n) is 16.1. The van der Waals surface area contributed by atoms with Gasteiger partial charge in [-0.2, -0.15) is 0 Å². The molecular weight excluding hydrogens is 411 g/mol. The maximum Gasteiger partial charge on any atom is 0.253 e. The minimum atomic E-state index is -0.696. The number of fused-ring (bicyclic) bond motifs is 1. The van der Waals surface area contributed by atoms with E-state index in [0.717, 1.165) is 11.0 Å². The Kier molecular flexibility index (Phi) is 6.77. The maximum absolute atomic E-state index is 12.8. The second-order valence-electron chi connectivity index (χ2n) is 7.20. The van der Waals surface area contributed by atoms with Crippen LogP contribution in [0.2, 0.25) is 10.0 Å². The zero-order chi connectivity index (χ0) is 21.0. The van der Waals surface area contributed by atoms with Gasteiger partial charge in [-0.3, -0.25) is 9.59 Å². The molecular formula is C21H22Cl2N4O2. The monoisotopic (exact) mass is 432 g/mol. The second kappa shape index (κ2) is 9.29. The fourth-order valence-corrected chi connectivity index (χ4v) is 3.49. The Morgan fingerprint density at radius 2 is 1.90 bits per heavy atom. The van der Waals surface area contributed by atoms with Crippen molar-refractivity contribution in [1.82, 2.24) is 20.6 Å². The smallest absolute Gasteiger partial charge is 0.253 e. The van der Waals surface area contributed by atoms with Crippen LogP contribution in [0.4, 0.5) is 0 Å². The molecule has 2 amide bonds. The van der Waals surface area contributed by atoms with Gasteiger partial charge in [-0.15, -0.1) is 0 Å². The van der Waals surface area contributed by atoms with Crippen LogP contribution >= 0.6 is 23.2 Å². The lowest BCUT2D eigenvalue weighted by molar-refractivity contribution is -0.123. The molecule has 6 nitrogen and oxygen atoms in total. The molecule has 8 heteroatoms. The summed E-state index contributed by atoms with van der Waals surface area (Å²) in [6.07, 6.45) is 0.489. The van der Waals surface area contributed by atoms with Gasteiger partial charge >= 0.3 is 0 Å². The number of aromatic amines is 1. The number of halogens is 2. The maximum atomic E-state index is 12.8. The minimum absolute atomic E-state index is 0.206. The predicted octanol–water partition coefficient (Wildman–Crippen LogP) is 4.33. The van der Waals surface area contributed by atoms with Crippen molar-refractivity contribution < 1.29 is 9.59 Å². The molecule has 0 aliphatic carbocycles. The van der Waals surface area contributed by atoms with Crippen molar-refractivity contribution >= 4 is 46.0 Å². The number of carbonyl (C=O) groups excluding carboxylic acids is 2. The number of carbonyl (C=O) groups is 2. The average Bonchev–Trinajstić information content (AvgIpc) is 3.08. The normalized spacial score (nSPS) is 12.2. The van der Waals surface area contributed by atoms with Crippen LogP contribution in [0.5, 0.6) is 0 Å². The third-order valence-corrected chi connectivity index (χ3v) is 4.92. The number of hydrogen-bond donors (Lipinski definition) is 3. The van der Waals surface area contributed by atoms with Gasteiger partial charge < -0.3 is 15.6 Å². The van der Waals surface area contributed by atoms with Gasteiger partial charge in [0.25, 0.3) is 5.91 Å². The van der Waals surface area contributed by atoms with Crippen LogP contribution in [0.15, 0.2) is 42.5 Å². The molecule has 3 N–H and O–H groups in total. The van der Waals surface area contributed by atoms with Crippen LogP contribution in [0.1, 0.15) is 36.5 Å². The number of nitrogens with one attached hydrogen (secondary N) is 3. The van der Waals surface area contributed by atoms with E-state index in [4.69, 9.17) is 23.2 Å². The van der Waals surface area contributed by atoms with Crippen molar-refractivity contribution in [2.45, 2.75) is 32.9 Å². The number of aromatic nitrogens is 2. The molecule has 1 aromatic heterocycles. The Hall–Kier alpha value is -2.57. The van der Waals surface area contributed by atoms with Crippen molar-refractivity contribution in [3.63, 3.8) is 0 Å². The predicted molar refractivity (Wildman–Crippen MR) is 115 cm³/mol. The number of benzene rings is 2. The standard InChI is InChI=1S/C21H22Cl2N4O2/c1-12(2)9-18(27-20(28)14-8-7-13(22)10-15(14)23)21(29)24-11-19-25-16-5-3-4-6-17(16)26-19/h3-8,10,12,18H,9,11H2,1-2H3,(H,24,29)(H,25,26)(H,27,28)/t18-/m0/s1. The van der Waals surface area contributed by atoms with E-state index < -0.39 is 11.9 Å². The van der Waals surface area contributed by atoms with Crippen molar-refractivity contribution in [3.8, 4) is 0 Å². The summed E-state index contributed by atoms with van der Waals surface area (Å²) >= 11 is 12.0. The molecule has 1 atom stereocenters. The summed E-state index contributed by atoms with van der Waals surface area (Å²) in [4.78, 5) is 33.0. The number of hydrogen-bond acceptors (Lipinski definition) is 3. The van der Waals surface area contributed by atoms with Gasteiger partial charge in [0.1, 0.15) is 11.9 Å². The molecule has 0 radical (unpaired) electrons. The highest BCUT2D eigenvalue weighted by Crippen LogP contribution is 2.21. The highest BCUT2D eigenvalue weighted by Gasteiger charge is 2.23. The van der Waals surface area contributed by atoms with E-state index >= 15 is 0 Å². The Morgan fingerprint density at radius 3 is 2.59 bits per heavy atom. The first-order valence-corrected chi connectivity index (χ1v) is 10.1. The fourth-order valence-electron chi connectivity index (χ4n) is 3.00. The molecule has 29 heavy (non-hydrogen) atoms. The van der Waals surface area contributed by atoms with Gasteiger partial charge in [-0.25, -0.2) is 4.98 Å². The molecule has 2 aromatic carbocycles. The summed E-state index contributed by atoms with van der Waals surface area (Å²) in [5.74, 6) is 0.154. The third-order valence-electron chi connectivity index (χ3n) is 4.37. The van der Waals surface area contributed by atoms with E-state index in [1.54, 1.807) is 12.1 Å². The molecule has 0 bridgehead atoms. The number of amides is 2. The summed E-state index contributed by atoms with van der Waals surface area (Å²) in [5, 5.41) is 6.30. The molecule has 0 saturated heterocycles. The molecule has 0 aliphatic heterocycles. The second-order valence-corrected chi connectivity index (χ2v) is 8.04. The molecule has 1 heterocycles. The van der Waals surface area contributed by atoms with E-state index in [-0.39, 0.29) is 29.0 Å². The molecule has 3 aromatic rings. The summed E-state index contributed by atoms with van der Waals surface area (Å²) in [5.41, 5.74) is 2.01. The van der Waals surface area contributed by atoms with Gasteiger partial charge in [-0.1, -0.05) is 49.2 Å². The van der Waals surface area contributed by atoms with Crippen LogP contribution in [0, 0.1) is 5.92 Å². The number of imidazole rings is 1. The van der Waals surface area contributed by atoms with Crippen molar-refractivity contribution in [2.24, 2.45) is 5.92 Å². The van der Waals surface area contributed by atoms with Gasteiger partial charge in [-0.05, 0) is 42.7 Å². The summed E-state index contributed by atoms with van der Waals surface area (Å²) in [6, 6.07) is 11.6. The number of rotatable bonds is 7. The van der Waals surface area contributed by atoms with Crippen molar-refractivity contribution in [3.05, 3.63) is 63.9 Å². The lowest BCUT2D eigenvalue weighted by Gasteiger charge is -2.20. The Labute approximate surface area is 179 Å². The van der Waals surface area contributed by atoms with E-state index in [2.05, 4.69) is 20.6 Å². The summed E-state index contributed by atoms with van der Waals surface area (Å²) in [6.45, 7) is 4.21. The largest absolute Gasteiger partial charge is 0.347 e. The Bertz CT molecular complexity index is 999. The van der Waals surface area contributed by atoms with Gasteiger partial charge in [0, 0.05) is 5.02 Å². The average molecular weight is 433 g/mol. The lowest BCUT2D eigenvalue weighted by Crippen LogP contribution is -2.47. The first kappa shape index (κ1) is 21.1. The Morgan fingerprint density at radius 1 is 1.14 bits per heavy atom. The molecule has 0 aliphatic rings. The van der Waals surface area contributed by atoms with E-state index in [1.807, 2.05) is 38.1 Å². The number of H-pyrrole nitrogens is 1. The molecule has 0 spiro atoms. The highest BCUT2D eigenvalue weighted by molar-refractivity contribution is 6.36. The lowest BCUT2D eigenvalue weighted by atomic mass is 10.0. The molecule has 3 rings (SSSR count). The van der Waals surface area contributed by atoms with E-state index in [0.29, 0.717) is 17.3 Å². The minimum Gasteiger partial charge on any atom is -0.347 e. The van der Waals surface area contributed by atoms with Crippen LogP contribution in [0.3, 0.4) is 0 Å². The molecule has 0 saturated carbocycles. The molecule has 152 valence electrons. The zero-order valence-corrected chi connectivity index (χ0v) is 17.6. The number of nitrogens with zero attached hydrogens (tertiary/aromatic N) is 1. The molecule has 0 unspecified atom stereocenters. The van der Waals surface area contributed by atoms with E-state index in [9.17, 15) is 9.59 Å². The number of para-hydroxylation sites is 2. The fraction of sp³-hybridized carbons (Fsp3) is 0.286. The van der Waals surface area contributed by atoms with Crippen LogP contribution in [-0.4, -0.2) is 27.8 Å². The third kappa shape index (κ3) is 5.49. The van der Waals surface area contributed by atoms with Crippen LogP contribution in [-0.2, 0) is 11.3 Å². The van der Waals surface area contributed by atoms with Crippen molar-refractivity contribution in [2.75, 3.05) is 0 Å². The summed E-state index contributed by atoms with van der Waals surface area (Å²) < 4.78 is 0. The molecule has 0 fully saturated rings. The van der Waals surface area contributed by atoms with Crippen molar-refractivity contribution in [1.29, 1.82) is 0 Å². The van der Waals surface area contributed by atoms with Gasteiger partial charge in [0.05, 0.1) is 28.2 Å². The first-order chi connectivity index (χ1) is 13.8. The highest BCUT2D eigenvalue weighted by atomic mass is 35.5. The van der Waals surface area contributed by atoms with Crippen LogP contribution < -0.4 is 10.6 Å². The first-order valence-electron chi connectivity index (χ1n) is 9.30. The van der Waals surface area contributed by atoms with Crippen LogP contribution in [0.25, 0.3) is 11.0 Å². The topological polar surface area (TPSA) is 86.9 Å². The van der Waals surface area contributed by atoms with Gasteiger partial charge in [0.15, 0.2) is 0 Å². The van der Waals surface area contributed by atoms with E-state index in [1.165, 1.54) is 6.07 Å². The van der Waals surface area contributed by atoms with Gasteiger partial charge in [0.2, 0.25) is 5.91 Å². The summed E-state index contributed by atoms with van der Waals surface area (Å²) in [7, 11) is 0. The SMILES string of the molecule is CC(C)C[C@H](NC(=O)c1ccc(Cl)cc1Cl)C(=O)NCc1nc2ccccc2[nH]1. The Balaban J connectivity index is 1.68. The quantitative estimate of drug-likeness (QED) is 0.518.